The third-order valence-corrected chi connectivity index (χ3v) is 3.29. The molecule has 0 nitrogen and oxygen atoms in total. The molecule has 0 spiro atoms. The van der Waals surface area contributed by atoms with Gasteiger partial charge in [0.2, 0.25) is 0 Å². The van der Waals surface area contributed by atoms with Crippen molar-refractivity contribution in [3.8, 4) is 0 Å². The first-order chi connectivity index (χ1) is 7.25. The summed E-state index contributed by atoms with van der Waals surface area (Å²) in [5.41, 5.74) is 4.17. The fourth-order valence-corrected chi connectivity index (χ4v) is 1.99. The Kier molecular flexibility index (Phi) is 3.41. The van der Waals surface area contributed by atoms with Gasteiger partial charge in [-0.2, -0.15) is 0 Å². The number of halogens is 1. The molecule has 0 aliphatic heterocycles. The Morgan fingerprint density at radius 3 is 2.27 bits per heavy atom. The van der Waals surface area contributed by atoms with Crippen LogP contribution in [0.4, 0.5) is 0 Å². The summed E-state index contributed by atoms with van der Waals surface area (Å²) < 4.78 is 1.29. The predicted octanol–water partition coefficient (Wildman–Crippen LogP) is 4.19. The van der Waals surface area contributed by atoms with Gasteiger partial charge in [0, 0.05) is 3.57 Å². The normalized spacial score (nSPS) is 10.3. The number of rotatable bonds is 2. The Balaban J connectivity index is 2.22. The molecule has 0 amide bonds. The Hall–Kier alpha value is -0.830. The smallest absolute Gasteiger partial charge is 0.0130 e. The van der Waals surface area contributed by atoms with Gasteiger partial charge in [-0.1, -0.05) is 36.4 Å². The van der Waals surface area contributed by atoms with E-state index in [1.807, 2.05) is 0 Å². The van der Waals surface area contributed by atoms with Gasteiger partial charge < -0.3 is 0 Å². The number of hydrogen-bond donors (Lipinski definition) is 0. The molecule has 2 aromatic rings. The van der Waals surface area contributed by atoms with E-state index in [9.17, 15) is 0 Å². The fourth-order valence-electron chi connectivity index (χ4n) is 1.63. The summed E-state index contributed by atoms with van der Waals surface area (Å²) in [7, 11) is 0. The largest absolute Gasteiger partial charge is 0.0620 e. The molecule has 0 N–H and O–H groups in total. The Bertz CT molecular complexity index is 443. The molecule has 0 fully saturated rings. The lowest BCUT2D eigenvalue weighted by Gasteiger charge is -2.05. The summed E-state index contributed by atoms with van der Waals surface area (Å²) in [6, 6.07) is 17.3. The summed E-state index contributed by atoms with van der Waals surface area (Å²) in [5, 5.41) is 0. The molecule has 2 rings (SSSR count). The highest BCUT2D eigenvalue weighted by Crippen LogP contribution is 2.14. The van der Waals surface area contributed by atoms with Gasteiger partial charge in [0.05, 0.1) is 0 Å². The molecule has 0 radical (unpaired) electrons. The van der Waals surface area contributed by atoms with Crippen molar-refractivity contribution in [1.82, 2.24) is 0 Å². The van der Waals surface area contributed by atoms with Crippen LogP contribution in [0.25, 0.3) is 0 Å². The standard InChI is InChI=1S/C14H13I/c1-11-4-2-3-5-13(11)10-12-6-8-14(15)9-7-12/h2-9H,10H2,1H3. The van der Waals surface area contributed by atoms with Crippen LogP contribution in [0.5, 0.6) is 0 Å². The SMILES string of the molecule is Cc1ccccc1Cc1ccc(I)cc1. The summed E-state index contributed by atoms with van der Waals surface area (Å²) in [6.07, 6.45) is 1.03. The maximum absolute atomic E-state index is 2.33. The average Bonchev–Trinajstić information content (AvgIpc) is 2.25. The summed E-state index contributed by atoms with van der Waals surface area (Å²) in [5.74, 6) is 0. The highest BCUT2D eigenvalue weighted by molar-refractivity contribution is 14.1. The van der Waals surface area contributed by atoms with Gasteiger partial charge in [0.15, 0.2) is 0 Å². The minimum absolute atomic E-state index is 1.03. The van der Waals surface area contributed by atoms with Crippen molar-refractivity contribution in [2.75, 3.05) is 0 Å². The van der Waals surface area contributed by atoms with Crippen LogP contribution in [-0.2, 0) is 6.42 Å². The highest BCUT2D eigenvalue weighted by atomic mass is 127. The first-order valence-corrected chi connectivity index (χ1v) is 6.12. The Morgan fingerprint density at radius 2 is 1.60 bits per heavy atom. The second-order valence-corrected chi connectivity index (χ2v) is 4.98. The zero-order valence-electron chi connectivity index (χ0n) is 8.70. The van der Waals surface area contributed by atoms with Crippen molar-refractivity contribution in [3.63, 3.8) is 0 Å². The first-order valence-electron chi connectivity index (χ1n) is 5.04. The highest BCUT2D eigenvalue weighted by Gasteiger charge is 1.98. The molecule has 0 unspecified atom stereocenters. The van der Waals surface area contributed by atoms with E-state index >= 15 is 0 Å². The van der Waals surface area contributed by atoms with E-state index < -0.39 is 0 Å². The van der Waals surface area contributed by atoms with Crippen LogP contribution in [-0.4, -0.2) is 0 Å². The molecular weight excluding hydrogens is 295 g/mol. The third-order valence-electron chi connectivity index (χ3n) is 2.57. The minimum Gasteiger partial charge on any atom is -0.0620 e. The summed E-state index contributed by atoms with van der Waals surface area (Å²) in [4.78, 5) is 0. The van der Waals surface area contributed by atoms with Gasteiger partial charge in [-0.05, 0) is 64.8 Å². The number of aryl methyl sites for hydroxylation is 1. The van der Waals surface area contributed by atoms with Gasteiger partial charge >= 0.3 is 0 Å². The molecule has 0 aliphatic rings. The van der Waals surface area contributed by atoms with E-state index in [1.54, 1.807) is 0 Å². The Morgan fingerprint density at radius 1 is 0.933 bits per heavy atom. The maximum Gasteiger partial charge on any atom is 0.0130 e. The van der Waals surface area contributed by atoms with Crippen molar-refractivity contribution in [2.45, 2.75) is 13.3 Å². The van der Waals surface area contributed by atoms with Crippen LogP contribution in [0, 0.1) is 10.5 Å². The van der Waals surface area contributed by atoms with Crippen LogP contribution in [0.1, 0.15) is 16.7 Å². The monoisotopic (exact) mass is 308 g/mol. The molecule has 0 saturated carbocycles. The van der Waals surface area contributed by atoms with Crippen molar-refractivity contribution in [1.29, 1.82) is 0 Å². The molecule has 2 aromatic carbocycles. The van der Waals surface area contributed by atoms with Crippen LogP contribution in [0.15, 0.2) is 48.5 Å². The van der Waals surface area contributed by atoms with E-state index in [-0.39, 0.29) is 0 Å². The van der Waals surface area contributed by atoms with Crippen LogP contribution < -0.4 is 0 Å². The van der Waals surface area contributed by atoms with Crippen molar-refractivity contribution in [3.05, 3.63) is 68.8 Å². The van der Waals surface area contributed by atoms with E-state index in [0.29, 0.717) is 0 Å². The first kappa shape index (κ1) is 10.7. The lowest BCUT2D eigenvalue weighted by Crippen LogP contribution is -1.91. The third kappa shape index (κ3) is 2.81. The van der Waals surface area contributed by atoms with Gasteiger partial charge in [-0.3, -0.25) is 0 Å². The minimum atomic E-state index is 1.03. The molecule has 0 aromatic heterocycles. The van der Waals surface area contributed by atoms with Crippen molar-refractivity contribution < 1.29 is 0 Å². The van der Waals surface area contributed by atoms with Crippen LogP contribution in [0.3, 0.4) is 0 Å². The topological polar surface area (TPSA) is 0 Å². The molecule has 0 atom stereocenters. The summed E-state index contributed by atoms with van der Waals surface area (Å²) in [6.45, 7) is 2.17. The van der Waals surface area contributed by atoms with Crippen LogP contribution in [0.2, 0.25) is 0 Å². The summed E-state index contributed by atoms with van der Waals surface area (Å²) >= 11 is 2.33. The van der Waals surface area contributed by atoms with Crippen LogP contribution >= 0.6 is 22.6 Å². The quantitative estimate of drug-likeness (QED) is 0.730. The molecule has 15 heavy (non-hydrogen) atoms. The average molecular weight is 308 g/mol. The number of hydrogen-bond acceptors (Lipinski definition) is 0. The zero-order chi connectivity index (χ0) is 10.7. The van der Waals surface area contributed by atoms with Crippen molar-refractivity contribution >= 4 is 22.6 Å². The zero-order valence-corrected chi connectivity index (χ0v) is 10.9. The van der Waals surface area contributed by atoms with Gasteiger partial charge in [0.25, 0.3) is 0 Å². The van der Waals surface area contributed by atoms with Gasteiger partial charge in [-0.25, -0.2) is 0 Å². The lowest BCUT2D eigenvalue weighted by molar-refractivity contribution is 1.15. The molecule has 0 bridgehead atoms. The second kappa shape index (κ2) is 4.79. The molecule has 76 valence electrons. The second-order valence-electron chi connectivity index (χ2n) is 3.73. The lowest BCUT2D eigenvalue weighted by atomic mass is 10.0. The molecule has 0 heterocycles. The maximum atomic E-state index is 2.33. The van der Waals surface area contributed by atoms with E-state index in [2.05, 4.69) is 78.0 Å². The predicted molar refractivity (Wildman–Crippen MR) is 73.1 cm³/mol. The van der Waals surface area contributed by atoms with E-state index in [1.165, 1.54) is 20.3 Å². The molecular formula is C14H13I. The Labute approximate surface area is 104 Å². The van der Waals surface area contributed by atoms with E-state index in [4.69, 9.17) is 0 Å². The molecule has 0 aliphatic carbocycles. The van der Waals surface area contributed by atoms with Gasteiger partial charge in [0.1, 0.15) is 0 Å². The van der Waals surface area contributed by atoms with Crippen molar-refractivity contribution in [2.24, 2.45) is 0 Å². The molecule has 1 heteroatoms. The van der Waals surface area contributed by atoms with Gasteiger partial charge in [-0.15, -0.1) is 0 Å². The fraction of sp³-hybridized carbons (Fsp3) is 0.143. The number of benzene rings is 2. The molecule has 0 saturated heterocycles. The van der Waals surface area contributed by atoms with E-state index in [0.717, 1.165) is 6.42 Å².